The van der Waals surface area contributed by atoms with Gasteiger partial charge in [0.25, 0.3) is 0 Å². The van der Waals surface area contributed by atoms with E-state index in [2.05, 4.69) is 17.6 Å². The quantitative estimate of drug-likeness (QED) is 0.146. The van der Waals surface area contributed by atoms with E-state index in [1.54, 1.807) is 13.8 Å². The molecule has 0 unspecified atom stereocenters. The van der Waals surface area contributed by atoms with Crippen molar-refractivity contribution in [2.24, 2.45) is 5.41 Å². The number of aliphatic hydroxyl groups is 2. The molecule has 0 spiro atoms. The van der Waals surface area contributed by atoms with Gasteiger partial charge in [-0.15, -0.1) is 0 Å². The predicted octanol–water partition coefficient (Wildman–Crippen LogP) is 4.73. The van der Waals surface area contributed by atoms with Crippen LogP contribution < -0.4 is 10.6 Å². The van der Waals surface area contributed by atoms with Crippen molar-refractivity contribution in [1.29, 1.82) is 0 Å². The highest BCUT2D eigenvalue weighted by molar-refractivity contribution is 8.13. The van der Waals surface area contributed by atoms with Gasteiger partial charge in [0.2, 0.25) is 11.8 Å². The Morgan fingerprint density at radius 2 is 1.29 bits per heavy atom. The number of nitrogens with one attached hydrogen (secondary N) is 2. The van der Waals surface area contributed by atoms with Gasteiger partial charge in [-0.1, -0.05) is 110 Å². The van der Waals surface area contributed by atoms with Crippen molar-refractivity contribution in [3.63, 3.8) is 0 Å². The lowest BCUT2D eigenvalue weighted by molar-refractivity contribution is -0.137. The molecule has 35 heavy (non-hydrogen) atoms. The van der Waals surface area contributed by atoms with Crippen molar-refractivity contribution in [3.05, 3.63) is 0 Å². The smallest absolute Gasteiger partial charge is 0.249 e. The van der Waals surface area contributed by atoms with E-state index in [0.29, 0.717) is 18.7 Å². The molecule has 0 aliphatic carbocycles. The Bertz CT molecular complexity index is 572. The van der Waals surface area contributed by atoms with Gasteiger partial charge in [0, 0.05) is 37.1 Å². The van der Waals surface area contributed by atoms with Gasteiger partial charge in [-0.3, -0.25) is 14.4 Å². The fourth-order valence-corrected chi connectivity index (χ4v) is 4.36. The van der Waals surface area contributed by atoms with Crippen LogP contribution in [0.25, 0.3) is 0 Å². The Hall–Kier alpha value is -1.12. The molecule has 206 valence electrons. The third-order valence-corrected chi connectivity index (χ3v) is 7.15. The van der Waals surface area contributed by atoms with Gasteiger partial charge < -0.3 is 20.8 Å². The van der Waals surface area contributed by atoms with E-state index in [1.165, 1.54) is 82.4 Å². The predicted molar refractivity (Wildman–Crippen MR) is 145 cm³/mol. The summed E-state index contributed by atoms with van der Waals surface area (Å²) in [6.45, 7) is 5.61. The average Bonchev–Trinajstić information content (AvgIpc) is 2.84. The molecule has 4 N–H and O–H groups in total. The standard InChI is InChI=1S/C27H52N2O5S/c1-4-5-6-7-8-9-10-11-12-13-14-15-16-17-24(32)35-21-20-28-23(31)18-19-29-26(34)25(33)27(2,3)22-30/h25,30,33H,4-22H2,1-3H3,(H,28,31)(H,29,34)/t25-/m0/s1. The summed E-state index contributed by atoms with van der Waals surface area (Å²) in [5, 5.41) is 24.5. The lowest BCUT2D eigenvalue weighted by atomic mass is 9.87. The summed E-state index contributed by atoms with van der Waals surface area (Å²) >= 11 is 1.26. The van der Waals surface area contributed by atoms with E-state index in [-0.39, 0.29) is 30.6 Å². The molecular formula is C27H52N2O5S. The Morgan fingerprint density at radius 1 is 0.771 bits per heavy atom. The Morgan fingerprint density at radius 3 is 1.80 bits per heavy atom. The summed E-state index contributed by atoms with van der Waals surface area (Å²) < 4.78 is 0. The highest BCUT2D eigenvalue weighted by atomic mass is 32.2. The van der Waals surface area contributed by atoms with Crippen LogP contribution in [0.4, 0.5) is 0 Å². The number of thioether (sulfide) groups is 1. The van der Waals surface area contributed by atoms with E-state index in [0.717, 1.165) is 12.8 Å². The van der Waals surface area contributed by atoms with E-state index in [1.807, 2.05) is 0 Å². The number of hydrogen-bond acceptors (Lipinski definition) is 6. The fraction of sp³-hybridized carbons (Fsp3) is 0.889. The third-order valence-electron chi connectivity index (χ3n) is 6.22. The van der Waals surface area contributed by atoms with Crippen LogP contribution in [0.3, 0.4) is 0 Å². The van der Waals surface area contributed by atoms with E-state index in [4.69, 9.17) is 0 Å². The molecule has 0 aliphatic rings. The van der Waals surface area contributed by atoms with E-state index < -0.39 is 17.4 Å². The van der Waals surface area contributed by atoms with Crippen LogP contribution in [0.2, 0.25) is 0 Å². The molecule has 0 saturated heterocycles. The average molecular weight is 517 g/mol. The lowest BCUT2D eigenvalue weighted by Gasteiger charge is -2.27. The number of aliphatic hydroxyl groups excluding tert-OH is 2. The van der Waals surface area contributed by atoms with Crippen LogP contribution in [0.15, 0.2) is 0 Å². The lowest BCUT2D eigenvalue weighted by Crippen LogP contribution is -2.46. The van der Waals surface area contributed by atoms with E-state index in [9.17, 15) is 24.6 Å². The Labute approximate surface area is 218 Å². The number of hydrogen-bond donors (Lipinski definition) is 4. The maximum atomic E-state index is 12.0. The molecule has 0 aromatic carbocycles. The number of carbonyl (C=O) groups is 3. The van der Waals surface area contributed by atoms with Crippen molar-refractivity contribution >= 4 is 28.7 Å². The minimum absolute atomic E-state index is 0.0928. The van der Waals surface area contributed by atoms with Crippen molar-refractivity contribution in [1.82, 2.24) is 10.6 Å². The second-order valence-electron chi connectivity index (χ2n) is 10.2. The first kappa shape index (κ1) is 33.9. The van der Waals surface area contributed by atoms with Gasteiger partial charge in [-0.05, 0) is 6.42 Å². The van der Waals surface area contributed by atoms with Crippen molar-refractivity contribution in [3.8, 4) is 0 Å². The Kier molecular flexibility index (Phi) is 21.4. The second kappa shape index (κ2) is 22.1. The highest BCUT2D eigenvalue weighted by Crippen LogP contribution is 2.19. The van der Waals surface area contributed by atoms with Gasteiger partial charge in [-0.25, -0.2) is 0 Å². The third kappa shape index (κ3) is 19.7. The van der Waals surface area contributed by atoms with Gasteiger partial charge in [-0.2, -0.15) is 0 Å². The molecule has 1 atom stereocenters. The SMILES string of the molecule is CCCCCCCCCCCCCCCC(=O)SCCNC(=O)CCNC(=O)[C@H](O)C(C)(C)CO. The number of carbonyl (C=O) groups excluding carboxylic acids is 3. The highest BCUT2D eigenvalue weighted by Gasteiger charge is 2.32. The molecule has 0 heterocycles. The molecule has 2 amide bonds. The molecule has 0 aromatic heterocycles. The summed E-state index contributed by atoms with van der Waals surface area (Å²) in [5.74, 6) is -0.282. The summed E-state index contributed by atoms with van der Waals surface area (Å²) in [7, 11) is 0. The van der Waals surface area contributed by atoms with Gasteiger partial charge in [0.1, 0.15) is 6.10 Å². The molecule has 0 rings (SSSR count). The Balaban J connectivity index is 3.52. The van der Waals surface area contributed by atoms with Crippen LogP contribution in [-0.4, -0.2) is 58.7 Å². The molecule has 0 aliphatic heterocycles. The molecule has 0 radical (unpaired) electrons. The molecular weight excluding hydrogens is 464 g/mol. The molecule has 0 saturated carbocycles. The zero-order valence-electron chi connectivity index (χ0n) is 22.5. The number of rotatable bonds is 23. The molecule has 0 bridgehead atoms. The van der Waals surface area contributed by atoms with Crippen LogP contribution in [-0.2, 0) is 14.4 Å². The first-order valence-electron chi connectivity index (χ1n) is 13.7. The summed E-state index contributed by atoms with van der Waals surface area (Å²) in [4.78, 5) is 35.7. The van der Waals surface area contributed by atoms with Crippen LogP contribution in [0, 0.1) is 5.41 Å². The van der Waals surface area contributed by atoms with Crippen LogP contribution in [0.1, 0.15) is 117 Å². The second-order valence-corrected chi connectivity index (χ2v) is 11.3. The summed E-state index contributed by atoms with van der Waals surface area (Å²) in [6.07, 6.45) is 16.1. The minimum atomic E-state index is -1.34. The topological polar surface area (TPSA) is 116 Å². The first-order valence-corrected chi connectivity index (χ1v) is 14.7. The summed E-state index contributed by atoms with van der Waals surface area (Å²) in [6, 6.07) is 0. The zero-order chi connectivity index (χ0) is 26.4. The normalized spacial score (nSPS) is 12.4. The fourth-order valence-electron chi connectivity index (χ4n) is 3.64. The maximum absolute atomic E-state index is 12.0. The minimum Gasteiger partial charge on any atom is -0.396 e. The van der Waals surface area contributed by atoms with E-state index >= 15 is 0 Å². The van der Waals surface area contributed by atoms with Gasteiger partial charge >= 0.3 is 0 Å². The van der Waals surface area contributed by atoms with Crippen molar-refractivity contribution in [2.45, 2.75) is 123 Å². The molecule has 8 heteroatoms. The molecule has 0 fully saturated rings. The van der Waals surface area contributed by atoms with Crippen LogP contribution >= 0.6 is 11.8 Å². The number of amides is 2. The molecule has 0 aromatic rings. The van der Waals surface area contributed by atoms with Gasteiger partial charge in [0.05, 0.1) is 6.61 Å². The van der Waals surface area contributed by atoms with Crippen LogP contribution in [0.5, 0.6) is 0 Å². The first-order chi connectivity index (χ1) is 16.7. The summed E-state index contributed by atoms with van der Waals surface area (Å²) in [5.41, 5.74) is -0.941. The van der Waals surface area contributed by atoms with Crippen molar-refractivity contribution in [2.75, 3.05) is 25.4 Å². The van der Waals surface area contributed by atoms with Crippen molar-refractivity contribution < 1.29 is 24.6 Å². The largest absolute Gasteiger partial charge is 0.396 e. The van der Waals surface area contributed by atoms with Gasteiger partial charge in [0.15, 0.2) is 5.12 Å². The number of unbranched alkanes of at least 4 members (excludes halogenated alkanes) is 12. The molecule has 7 nitrogen and oxygen atoms in total. The monoisotopic (exact) mass is 516 g/mol. The maximum Gasteiger partial charge on any atom is 0.249 e. The zero-order valence-corrected chi connectivity index (χ0v) is 23.4.